The molecule has 190 valence electrons. The van der Waals surface area contributed by atoms with Crippen molar-refractivity contribution in [2.45, 2.75) is 38.3 Å². The van der Waals surface area contributed by atoms with Crippen molar-refractivity contribution in [3.05, 3.63) is 95.0 Å². The van der Waals surface area contributed by atoms with Gasteiger partial charge in [-0.3, -0.25) is 13.9 Å². The van der Waals surface area contributed by atoms with Crippen molar-refractivity contribution in [1.82, 2.24) is 10.2 Å². The predicted octanol–water partition coefficient (Wildman–Crippen LogP) is 4.40. The Labute approximate surface area is 217 Å². The molecule has 0 saturated heterocycles. The van der Waals surface area contributed by atoms with Crippen molar-refractivity contribution >= 4 is 39.1 Å². The molecule has 0 heterocycles. The molecule has 0 bridgehead atoms. The molecule has 1 N–H and O–H groups in total. The van der Waals surface area contributed by atoms with E-state index in [0.29, 0.717) is 11.6 Å². The molecule has 3 rings (SSSR count). The van der Waals surface area contributed by atoms with Crippen LogP contribution in [0.1, 0.15) is 25.0 Å². The van der Waals surface area contributed by atoms with Crippen LogP contribution in [0.25, 0.3) is 0 Å². The summed E-state index contributed by atoms with van der Waals surface area (Å²) in [5, 5.41) is 3.12. The van der Waals surface area contributed by atoms with Crippen LogP contribution in [-0.2, 0) is 26.2 Å². The SMILES string of the molecule is CCNC(=O)C(C)N(Cc1ccccc1)C(=O)CN(c1ccc(C)c(Cl)c1)S(=O)(=O)c1ccccc1. The number of anilines is 1. The van der Waals surface area contributed by atoms with Gasteiger partial charge in [-0.15, -0.1) is 0 Å². The molecule has 1 atom stereocenters. The number of halogens is 1. The maximum Gasteiger partial charge on any atom is 0.264 e. The molecule has 2 amide bonds. The van der Waals surface area contributed by atoms with Crippen molar-refractivity contribution in [2.24, 2.45) is 0 Å². The number of rotatable bonds is 10. The number of amides is 2. The van der Waals surface area contributed by atoms with Crippen LogP contribution in [0, 0.1) is 6.92 Å². The van der Waals surface area contributed by atoms with Gasteiger partial charge in [0.25, 0.3) is 10.0 Å². The van der Waals surface area contributed by atoms with E-state index < -0.39 is 28.5 Å². The van der Waals surface area contributed by atoms with E-state index in [4.69, 9.17) is 11.6 Å². The van der Waals surface area contributed by atoms with Crippen LogP contribution in [0.5, 0.6) is 0 Å². The van der Waals surface area contributed by atoms with Gasteiger partial charge in [-0.05, 0) is 56.2 Å². The monoisotopic (exact) mass is 527 g/mol. The third-order valence-corrected chi connectivity index (χ3v) is 7.96. The minimum atomic E-state index is -4.11. The first kappa shape index (κ1) is 27.2. The Morgan fingerprint density at radius 2 is 1.58 bits per heavy atom. The van der Waals surface area contributed by atoms with Crippen molar-refractivity contribution < 1.29 is 18.0 Å². The van der Waals surface area contributed by atoms with Crippen LogP contribution < -0.4 is 9.62 Å². The summed E-state index contributed by atoms with van der Waals surface area (Å²) >= 11 is 6.32. The number of carbonyl (C=O) groups is 2. The molecular weight excluding hydrogens is 498 g/mol. The standard InChI is InChI=1S/C27H30ClN3O4S/c1-4-29-27(33)21(3)30(18-22-11-7-5-8-12-22)26(32)19-31(23-16-15-20(2)25(28)17-23)36(34,35)24-13-9-6-10-14-24/h5-17,21H,4,18-19H2,1-3H3,(H,29,33). The first-order chi connectivity index (χ1) is 17.1. The molecule has 0 radical (unpaired) electrons. The summed E-state index contributed by atoms with van der Waals surface area (Å²) < 4.78 is 28.4. The molecule has 0 fully saturated rings. The minimum absolute atomic E-state index is 0.0425. The van der Waals surface area contributed by atoms with Crippen LogP contribution >= 0.6 is 11.6 Å². The minimum Gasteiger partial charge on any atom is -0.355 e. The number of nitrogens with zero attached hydrogens (tertiary/aromatic N) is 2. The number of carbonyl (C=O) groups excluding carboxylic acids is 2. The van der Waals surface area contributed by atoms with Gasteiger partial charge in [0.05, 0.1) is 10.6 Å². The molecule has 0 aliphatic heterocycles. The number of aryl methyl sites for hydroxylation is 1. The molecule has 0 saturated carbocycles. The average Bonchev–Trinajstić information content (AvgIpc) is 2.88. The smallest absolute Gasteiger partial charge is 0.264 e. The lowest BCUT2D eigenvalue weighted by Crippen LogP contribution is -2.51. The van der Waals surface area contributed by atoms with Gasteiger partial charge in [-0.1, -0.05) is 66.2 Å². The van der Waals surface area contributed by atoms with E-state index >= 15 is 0 Å². The molecule has 3 aromatic carbocycles. The highest BCUT2D eigenvalue weighted by molar-refractivity contribution is 7.92. The third kappa shape index (κ3) is 6.44. The first-order valence-electron chi connectivity index (χ1n) is 11.6. The van der Waals surface area contributed by atoms with Gasteiger partial charge in [0.15, 0.2) is 0 Å². The zero-order valence-corrected chi connectivity index (χ0v) is 22.1. The van der Waals surface area contributed by atoms with E-state index in [0.717, 1.165) is 15.4 Å². The van der Waals surface area contributed by atoms with Gasteiger partial charge in [-0.2, -0.15) is 0 Å². The van der Waals surface area contributed by atoms with Gasteiger partial charge in [0.1, 0.15) is 12.6 Å². The van der Waals surface area contributed by atoms with Gasteiger partial charge >= 0.3 is 0 Å². The third-order valence-electron chi connectivity index (χ3n) is 5.77. The molecule has 0 aliphatic carbocycles. The Morgan fingerprint density at radius 3 is 2.17 bits per heavy atom. The van der Waals surface area contributed by atoms with Crippen LogP contribution in [0.4, 0.5) is 5.69 Å². The average molecular weight is 528 g/mol. The molecule has 9 heteroatoms. The van der Waals surface area contributed by atoms with E-state index in [-0.39, 0.29) is 23.0 Å². The zero-order valence-electron chi connectivity index (χ0n) is 20.5. The lowest BCUT2D eigenvalue weighted by atomic mass is 10.1. The van der Waals surface area contributed by atoms with E-state index in [1.54, 1.807) is 44.2 Å². The van der Waals surface area contributed by atoms with Gasteiger partial charge in [-0.25, -0.2) is 8.42 Å². The second kappa shape index (κ2) is 12.1. The fourth-order valence-electron chi connectivity index (χ4n) is 3.67. The largest absolute Gasteiger partial charge is 0.355 e. The predicted molar refractivity (Wildman–Crippen MR) is 142 cm³/mol. The second-order valence-electron chi connectivity index (χ2n) is 8.34. The van der Waals surface area contributed by atoms with Crippen LogP contribution in [0.3, 0.4) is 0 Å². The van der Waals surface area contributed by atoms with Crippen LogP contribution in [0.15, 0.2) is 83.8 Å². The van der Waals surface area contributed by atoms with Crippen molar-refractivity contribution in [3.8, 4) is 0 Å². The summed E-state index contributed by atoms with van der Waals surface area (Å²) in [6.07, 6.45) is 0. The van der Waals surface area contributed by atoms with Gasteiger partial charge in [0, 0.05) is 18.1 Å². The fourth-order valence-corrected chi connectivity index (χ4v) is 5.27. The molecular formula is C27H30ClN3O4S. The highest BCUT2D eigenvalue weighted by Crippen LogP contribution is 2.28. The number of hydrogen-bond acceptors (Lipinski definition) is 4. The highest BCUT2D eigenvalue weighted by Gasteiger charge is 2.32. The Balaban J connectivity index is 2.03. The number of sulfonamides is 1. The molecule has 0 aliphatic rings. The Bertz CT molecular complexity index is 1300. The summed E-state index contributed by atoms with van der Waals surface area (Å²) in [5.41, 5.74) is 1.85. The molecule has 7 nitrogen and oxygen atoms in total. The molecule has 3 aromatic rings. The molecule has 0 spiro atoms. The van der Waals surface area contributed by atoms with E-state index in [1.807, 2.05) is 37.3 Å². The second-order valence-corrected chi connectivity index (χ2v) is 10.6. The fraction of sp³-hybridized carbons (Fsp3) is 0.259. The molecule has 0 aromatic heterocycles. The molecule has 1 unspecified atom stereocenters. The zero-order chi connectivity index (χ0) is 26.3. The number of likely N-dealkylation sites (N-methyl/N-ethyl adjacent to an activating group) is 1. The summed E-state index contributed by atoms with van der Waals surface area (Å²) in [5.74, 6) is -0.841. The van der Waals surface area contributed by atoms with Crippen molar-refractivity contribution in [1.29, 1.82) is 0 Å². The summed E-state index contributed by atoms with van der Waals surface area (Å²) in [6, 6.07) is 21.2. The Morgan fingerprint density at radius 1 is 0.972 bits per heavy atom. The lowest BCUT2D eigenvalue weighted by molar-refractivity contribution is -0.139. The first-order valence-corrected chi connectivity index (χ1v) is 13.4. The normalized spacial score (nSPS) is 12.0. The maximum atomic E-state index is 13.7. The van der Waals surface area contributed by atoms with E-state index in [1.165, 1.54) is 23.1 Å². The summed E-state index contributed by atoms with van der Waals surface area (Å²) in [7, 11) is -4.11. The van der Waals surface area contributed by atoms with Crippen molar-refractivity contribution in [2.75, 3.05) is 17.4 Å². The quantitative estimate of drug-likeness (QED) is 0.423. The lowest BCUT2D eigenvalue weighted by Gasteiger charge is -2.32. The summed E-state index contributed by atoms with van der Waals surface area (Å²) in [4.78, 5) is 27.8. The number of benzene rings is 3. The van der Waals surface area contributed by atoms with Crippen LogP contribution in [0.2, 0.25) is 5.02 Å². The Hall–Kier alpha value is -3.36. The molecule has 36 heavy (non-hydrogen) atoms. The van der Waals surface area contributed by atoms with E-state index in [9.17, 15) is 18.0 Å². The van der Waals surface area contributed by atoms with Gasteiger partial charge in [0.2, 0.25) is 11.8 Å². The van der Waals surface area contributed by atoms with Crippen molar-refractivity contribution in [3.63, 3.8) is 0 Å². The topological polar surface area (TPSA) is 86.8 Å². The summed E-state index contributed by atoms with van der Waals surface area (Å²) in [6.45, 7) is 5.28. The highest BCUT2D eigenvalue weighted by atomic mass is 35.5. The Kier molecular flexibility index (Phi) is 9.12. The maximum absolute atomic E-state index is 13.7. The number of nitrogens with one attached hydrogen (secondary N) is 1. The van der Waals surface area contributed by atoms with E-state index in [2.05, 4.69) is 5.32 Å². The number of hydrogen-bond donors (Lipinski definition) is 1. The van der Waals surface area contributed by atoms with Gasteiger partial charge < -0.3 is 10.2 Å². The van der Waals surface area contributed by atoms with Crippen LogP contribution in [-0.4, -0.2) is 44.3 Å².